The minimum Gasteiger partial charge on any atom is -0.0885 e. The monoisotopic (exact) mass is 261 g/mol. The fourth-order valence-corrected chi connectivity index (χ4v) is 3.72. The maximum Gasteiger partial charge on any atom is -0.0319 e. The minimum absolute atomic E-state index is 0.875. The van der Waals surface area contributed by atoms with Gasteiger partial charge in [-0.2, -0.15) is 0 Å². The Labute approximate surface area is 121 Å². The second-order valence-corrected chi connectivity index (χ2v) is 6.79. The molecule has 19 heavy (non-hydrogen) atoms. The zero-order valence-electron chi connectivity index (χ0n) is 12.8. The molecule has 109 valence electrons. The molecule has 0 amide bonds. The average molecular weight is 261 g/mol. The van der Waals surface area contributed by atoms with Crippen molar-refractivity contribution in [2.24, 2.45) is 11.8 Å². The van der Waals surface area contributed by atoms with Gasteiger partial charge in [0.1, 0.15) is 0 Å². The Balaban J connectivity index is 1.85. The van der Waals surface area contributed by atoms with Gasteiger partial charge in [-0.1, -0.05) is 69.9 Å². The lowest BCUT2D eigenvalue weighted by Crippen LogP contribution is -2.06. The van der Waals surface area contributed by atoms with Gasteiger partial charge in [0.25, 0.3) is 0 Å². The standard InChI is InChI=1S/C19H33/c1-2-4-6-9-13-19-15-11-7-10-14-18(16-17-19)12-8-5-3-1/h7,10,16,18-19H,1-6,8-9,11-15,17H2. The van der Waals surface area contributed by atoms with Gasteiger partial charge in [-0.15, -0.1) is 0 Å². The molecule has 0 heterocycles. The van der Waals surface area contributed by atoms with E-state index in [1.165, 1.54) is 89.9 Å². The van der Waals surface area contributed by atoms with E-state index in [1.54, 1.807) is 0 Å². The van der Waals surface area contributed by atoms with Crippen LogP contribution in [0.15, 0.2) is 12.2 Å². The molecule has 2 bridgehead atoms. The summed E-state index contributed by atoms with van der Waals surface area (Å²) in [7, 11) is 0. The van der Waals surface area contributed by atoms with Gasteiger partial charge in [-0.3, -0.25) is 0 Å². The van der Waals surface area contributed by atoms with E-state index >= 15 is 0 Å². The molecule has 0 N–H and O–H groups in total. The molecule has 2 unspecified atom stereocenters. The van der Waals surface area contributed by atoms with E-state index < -0.39 is 0 Å². The fourth-order valence-electron chi connectivity index (χ4n) is 3.72. The minimum atomic E-state index is 0.875. The molecular weight excluding hydrogens is 228 g/mol. The van der Waals surface area contributed by atoms with Gasteiger partial charge in [-0.05, 0) is 50.4 Å². The second-order valence-electron chi connectivity index (χ2n) is 6.79. The highest BCUT2D eigenvalue weighted by Crippen LogP contribution is 2.29. The Bertz CT molecular complexity index is 240. The summed E-state index contributed by atoms with van der Waals surface area (Å²) in [6, 6.07) is 0. The van der Waals surface area contributed by atoms with E-state index in [9.17, 15) is 0 Å². The van der Waals surface area contributed by atoms with Crippen LogP contribution in [0.4, 0.5) is 0 Å². The van der Waals surface area contributed by atoms with Crippen LogP contribution >= 0.6 is 0 Å². The van der Waals surface area contributed by atoms with Gasteiger partial charge >= 0.3 is 0 Å². The Morgan fingerprint density at radius 3 is 2.05 bits per heavy atom. The quantitative estimate of drug-likeness (QED) is 0.438. The van der Waals surface area contributed by atoms with Crippen molar-refractivity contribution in [1.82, 2.24) is 0 Å². The van der Waals surface area contributed by atoms with Crippen LogP contribution in [-0.2, 0) is 0 Å². The van der Waals surface area contributed by atoms with Crippen LogP contribution in [0.1, 0.15) is 89.9 Å². The van der Waals surface area contributed by atoms with Gasteiger partial charge in [-0.25, -0.2) is 0 Å². The van der Waals surface area contributed by atoms with E-state index in [0.717, 1.165) is 11.8 Å². The predicted molar refractivity (Wildman–Crippen MR) is 85.1 cm³/mol. The third-order valence-corrected chi connectivity index (χ3v) is 5.09. The topological polar surface area (TPSA) is 0 Å². The summed E-state index contributed by atoms with van der Waals surface area (Å²) >= 11 is 0. The van der Waals surface area contributed by atoms with Gasteiger partial charge in [0, 0.05) is 0 Å². The van der Waals surface area contributed by atoms with Crippen LogP contribution < -0.4 is 0 Å². The van der Waals surface area contributed by atoms with Crippen molar-refractivity contribution in [3.8, 4) is 0 Å². The first-order valence-corrected chi connectivity index (χ1v) is 8.93. The smallest absolute Gasteiger partial charge is 0.0319 e. The Morgan fingerprint density at radius 2 is 1.26 bits per heavy atom. The SMILES string of the molecule is [CH]1CC2CCC=CCC1CCCCCCCCCC2. The predicted octanol–water partition coefficient (Wildman–Crippen LogP) is 6.47. The number of allylic oxidation sites excluding steroid dienone is 2. The van der Waals surface area contributed by atoms with E-state index in [-0.39, 0.29) is 0 Å². The van der Waals surface area contributed by atoms with Crippen LogP contribution in [0.2, 0.25) is 0 Å². The number of rotatable bonds is 0. The molecular formula is C19H33. The summed E-state index contributed by atoms with van der Waals surface area (Å²) in [6.07, 6.45) is 27.8. The molecule has 0 nitrogen and oxygen atoms in total. The van der Waals surface area contributed by atoms with E-state index in [1.807, 2.05) is 0 Å². The average Bonchev–Trinajstić information content (AvgIpc) is 2.53. The van der Waals surface area contributed by atoms with Crippen LogP contribution in [0.3, 0.4) is 0 Å². The van der Waals surface area contributed by atoms with Gasteiger partial charge in [0.15, 0.2) is 0 Å². The van der Waals surface area contributed by atoms with Gasteiger partial charge < -0.3 is 0 Å². The summed E-state index contributed by atoms with van der Waals surface area (Å²) in [4.78, 5) is 0. The third-order valence-electron chi connectivity index (χ3n) is 5.09. The molecule has 2 aliphatic carbocycles. The van der Waals surface area contributed by atoms with Crippen molar-refractivity contribution in [1.29, 1.82) is 0 Å². The van der Waals surface area contributed by atoms with Crippen molar-refractivity contribution in [3.63, 3.8) is 0 Å². The lowest BCUT2D eigenvalue weighted by atomic mass is 9.86. The Hall–Kier alpha value is -0.260. The van der Waals surface area contributed by atoms with Crippen molar-refractivity contribution in [3.05, 3.63) is 18.6 Å². The molecule has 0 aromatic carbocycles. The molecule has 0 saturated heterocycles. The van der Waals surface area contributed by atoms with E-state index in [4.69, 9.17) is 0 Å². The summed E-state index contributed by atoms with van der Waals surface area (Å²) < 4.78 is 0. The van der Waals surface area contributed by atoms with Crippen LogP contribution in [0.25, 0.3) is 0 Å². The Morgan fingerprint density at radius 1 is 0.579 bits per heavy atom. The zero-order valence-corrected chi connectivity index (χ0v) is 12.8. The summed E-state index contributed by atoms with van der Waals surface area (Å²) in [5, 5.41) is 0. The first-order valence-electron chi connectivity index (χ1n) is 8.93. The van der Waals surface area contributed by atoms with Crippen molar-refractivity contribution < 1.29 is 0 Å². The highest BCUT2D eigenvalue weighted by molar-refractivity contribution is 4.92. The van der Waals surface area contributed by atoms with Crippen molar-refractivity contribution >= 4 is 0 Å². The van der Waals surface area contributed by atoms with Crippen LogP contribution in [0.5, 0.6) is 0 Å². The lowest BCUT2D eigenvalue weighted by molar-refractivity contribution is 0.391. The molecule has 0 aromatic rings. The van der Waals surface area contributed by atoms with Crippen molar-refractivity contribution in [2.75, 3.05) is 0 Å². The first kappa shape index (κ1) is 15.1. The van der Waals surface area contributed by atoms with Crippen LogP contribution in [-0.4, -0.2) is 0 Å². The molecule has 0 aliphatic heterocycles. The van der Waals surface area contributed by atoms with E-state index in [2.05, 4.69) is 18.6 Å². The number of hydrogen-bond acceptors (Lipinski definition) is 0. The molecule has 1 radical (unpaired) electrons. The third kappa shape index (κ3) is 6.63. The first-order chi connectivity index (χ1) is 9.45. The van der Waals surface area contributed by atoms with Crippen molar-refractivity contribution in [2.45, 2.75) is 89.9 Å². The maximum absolute atomic E-state index is 2.69. The highest BCUT2D eigenvalue weighted by Gasteiger charge is 2.15. The molecule has 0 heteroatoms. The molecule has 1 fully saturated rings. The molecule has 0 aromatic heterocycles. The normalized spacial score (nSPS) is 32.0. The molecule has 2 aliphatic rings. The largest absolute Gasteiger partial charge is 0.0885 e. The summed E-state index contributed by atoms with van der Waals surface area (Å²) in [5.74, 6) is 1.85. The fraction of sp³-hybridized carbons (Fsp3) is 0.842. The summed E-state index contributed by atoms with van der Waals surface area (Å²) in [6.45, 7) is 0. The zero-order chi connectivity index (χ0) is 13.2. The van der Waals surface area contributed by atoms with E-state index in [0.29, 0.717) is 0 Å². The molecule has 0 spiro atoms. The lowest BCUT2D eigenvalue weighted by Gasteiger charge is -2.20. The maximum atomic E-state index is 2.69. The second kappa shape index (κ2) is 9.61. The summed E-state index contributed by atoms with van der Waals surface area (Å²) in [5.41, 5.74) is 0. The highest BCUT2D eigenvalue weighted by atomic mass is 14.2. The van der Waals surface area contributed by atoms with Gasteiger partial charge in [0.2, 0.25) is 0 Å². The number of hydrogen-bond donors (Lipinski definition) is 0. The van der Waals surface area contributed by atoms with Crippen LogP contribution in [0, 0.1) is 18.3 Å². The Kier molecular flexibility index (Phi) is 7.66. The molecule has 1 saturated carbocycles. The molecule has 2 rings (SSSR count). The molecule has 2 atom stereocenters. The van der Waals surface area contributed by atoms with Gasteiger partial charge in [0.05, 0.1) is 0 Å². The number of fused-ring (bicyclic) bond motifs is 3.